The molecule has 0 heterocycles. The molecule has 3 rings (SSSR count). The van der Waals surface area contributed by atoms with Crippen LogP contribution in [0.25, 0.3) is 0 Å². The van der Waals surface area contributed by atoms with Crippen LogP contribution in [0.4, 0.5) is 0 Å². The van der Waals surface area contributed by atoms with Gasteiger partial charge in [0.25, 0.3) is 0 Å². The average Bonchev–Trinajstić information content (AvgIpc) is 3.22. The van der Waals surface area contributed by atoms with Gasteiger partial charge in [0.15, 0.2) is 0 Å². The Morgan fingerprint density at radius 3 is 2.68 bits per heavy atom. The second-order valence-electron chi connectivity index (χ2n) is 5.84. The summed E-state index contributed by atoms with van der Waals surface area (Å²) in [5, 5.41) is 3.69. The first-order valence-corrected chi connectivity index (χ1v) is 7.61. The Morgan fingerprint density at radius 2 is 2.00 bits per heavy atom. The molecule has 0 aromatic heterocycles. The number of likely N-dealkylation sites (N-methyl/N-ethyl adjacent to an activating group) is 1. The van der Waals surface area contributed by atoms with Crippen LogP contribution in [0.1, 0.15) is 49.4 Å². The van der Waals surface area contributed by atoms with E-state index in [4.69, 9.17) is 5.73 Å². The molecule has 0 saturated heterocycles. The van der Waals surface area contributed by atoms with E-state index in [1.807, 2.05) is 0 Å². The SMILES string of the molecule is CCN(CCNC1CC(N)c2ccccc21)C1CC1. The zero-order chi connectivity index (χ0) is 13.2. The van der Waals surface area contributed by atoms with Crippen LogP contribution in [0.3, 0.4) is 0 Å². The van der Waals surface area contributed by atoms with Crippen LogP contribution in [-0.4, -0.2) is 30.6 Å². The summed E-state index contributed by atoms with van der Waals surface area (Å²) in [5.41, 5.74) is 8.94. The molecule has 19 heavy (non-hydrogen) atoms. The van der Waals surface area contributed by atoms with Gasteiger partial charge in [-0.25, -0.2) is 0 Å². The van der Waals surface area contributed by atoms with Gasteiger partial charge in [-0.1, -0.05) is 31.2 Å². The summed E-state index contributed by atoms with van der Waals surface area (Å²) in [6.07, 6.45) is 3.82. The maximum atomic E-state index is 6.20. The van der Waals surface area contributed by atoms with E-state index in [1.54, 1.807) is 0 Å². The fourth-order valence-electron chi connectivity index (χ4n) is 3.29. The molecule has 1 fully saturated rings. The van der Waals surface area contributed by atoms with E-state index in [9.17, 15) is 0 Å². The predicted molar refractivity (Wildman–Crippen MR) is 79.0 cm³/mol. The number of rotatable bonds is 6. The third-order valence-corrected chi connectivity index (χ3v) is 4.52. The number of hydrogen-bond donors (Lipinski definition) is 2. The molecule has 3 N–H and O–H groups in total. The Kier molecular flexibility index (Phi) is 3.87. The topological polar surface area (TPSA) is 41.3 Å². The van der Waals surface area contributed by atoms with E-state index in [0.29, 0.717) is 6.04 Å². The Labute approximate surface area is 116 Å². The van der Waals surface area contributed by atoms with Gasteiger partial charge < -0.3 is 11.1 Å². The second-order valence-corrected chi connectivity index (χ2v) is 5.84. The maximum absolute atomic E-state index is 6.20. The molecule has 3 heteroatoms. The van der Waals surface area contributed by atoms with Gasteiger partial charge in [0.2, 0.25) is 0 Å². The van der Waals surface area contributed by atoms with Crippen LogP contribution in [0.15, 0.2) is 24.3 Å². The summed E-state index contributed by atoms with van der Waals surface area (Å²) >= 11 is 0. The number of nitrogens with zero attached hydrogens (tertiary/aromatic N) is 1. The molecule has 1 aromatic carbocycles. The van der Waals surface area contributed by atoms with Gasteiger partial charge in [0.05, 0.1) is 0 Å². The van der Waals surface area contributed by atoms with Gasteiger partial charge in [-0.15, -0.1) is 0 Å². The van der Waals surface area contributed by atoms with Gasteiger partial charge in [-0.05, 0) is 36.9 Å². The highest BCUT2D eigenvalue weighted by Gasteiger charge is 2.29. The average molecular weight is 259 g/mol. The highest BCUT2D eigenvalue weighted by molar-refractivity contribution is 5.37. The van der Waals surface area contributed by atoms with Crippen molar-refractivity contribution in [1.82, 2.24) is 10.2 Å². The van der Waals surface area contributed by atoms with E-state index in [0.717, 1.165) is 25.6 Å². The van der Waals surface area contributed by atoms with Crippen molar-refractivity contribution in [3.05, 3.63) is 35.4 Å². The summed E-state index contributed by atoms with van der Waals surface area (Å²) in [6.45, 7) is 5.66. The molecule has 2 aliphatic carbocycles. The molecular weight excluding hydrogens is 234 g/mol. The van der Waals surface area contributed by atoms with E-state index < -0.39 is 0 Å². The molecule has 0 spiro atoms. The first-order valence-electron chi connectivity index (χ1n) is 7.61. The van der Waals surface area contributed by atoms with Crippen LogP contribution in [0.5, 0.6) is 0 Å². The minimum Gasteiger partial charge on any atom is -0.324 e. The monoisotopic (exact) mass is 259 g/mol. The van der Waals surface area contributed by atoms with Gasteiger partial charge in [0, 0.05) is 31.2 Å². The molecule has 2 unspecified atom stereocenters. The van der Waals surface area contributed by atoms with Gasteiger partial charge in [-0.2, -0.15) is 0 Å². The Balaban J connectivity index is 1.53. The first-order chi connectivity index (χ1) is 9.29. The first kappa shape index (κ1) is 13.1. The van der Waals surface area contributed by atoms with E-state index >= 15 is 0 Å². The number of fused-ring (bicyclic) bond motifs is 1. The third kappa shape index (κ3) is 2.83. The predicted octanol–water partition coefficient (Wildman–Crippen LogP) is 2.21. The van der Waals surface area contributed by atoms with E-state index in [2.05, 4.69) is 41.4 Å². The van der Waals surface area contributed by atoms with Crippen molar-refractivity contribution < 1.29 is 0 Å². The van der Waals surface area contributed by atoms with Crippen LogP contribution in [0.2, 0.25) is 0 Å². The number of benzene rings is 1. The highest BCUT2D eigenvalue weighted by Crippen LogP contribution is 2.36. The van der Waals surface area contributed by atoms with Crippen LogP contribution >= 0.6 is 0 Å². The smallest absolute Gasteiger partial charge is 0.0342 e. The summed E-state index contributed by atoms with van der Waals surface area (Å²) in [5.74, 6) is 0. The summed E-state index contributed by atoms with van der Waals surface area (Å²) in [6, 6.07) is 10.1. The van der Waals surface area contributed by atoms with E-state index in [-0.39, 0.29) is 6.04 Å². The zero-order valence-electron chi connectivity index (χ0n) is 11.8. The van der Waals surface area contributed by atoms with Crippen molar-refractivity contribution >= 4 is 0 Å². The quantitative estimate of drug-likeness (QED) is 0.823. The summed E-state index contributed by atoms with van der Waals surface area (Å²) in [4.78, 5) is 2.59. The fraction of sp³-hybridized carbons (Fsp3) is 0.625. The normalized spacial score (nSPS) is 25.8. The van der Waals surface area contributed by atoms with Crippen LogP contribution in [0, 0.1) is 0 Å². The van der Waals surface area contributed by atoms with Gasteiger partial charge in [0.1, 0.15) is 0 Å². The fourth-order valence-corrected chi connectivity index (χ4v) is 3.29. The van der Waals surface area contributed by atoms with Gasteiger partial charge >= 0.3 is 0 Å². The maximum Gasteiger partial charge on any atom is 0.0342 e. The highest BCUT2D eigenvalue weighted by atomic mass is 15.2. The third-order valence-electron chi connectivity index (χ3n) is 4.52. The second kappa shape index (κ2) is 5.61. The zero-order valence-corrected chi connectivity index (χ0v) is 11.8. The Morgan fingerprint density at radius 1 is 1.26 bits per heavy atom. The molecule has 3 nitrogen and oxygen atoms in total. The van der Waals surface area contributed by atoms with Crippen molar-refractivity contribution in [3.8, 4) is 0 Å². The molecule has 0 aliphatic heterocycles. The van der Waals surface area contributed by atoms with Crippen molar-refractivity contribution in [3.63, 3.8) is 0 Å². The molecule has 0 bridgehead atoms. The minimum atomic E-state index is 0.208. The largest absolute Gasteiger partial charge is 0.324 e. The van der Waals surface area contributed by atoms with Gasteiger partial charge in [-0.3, -0.25) is 4.90 Å². The summed E-state index contributed by atoms with van der Waals surface area (Å²) in [7, 11) is 0. The molecular formula is C16H25N3. The number of hydrogen-bond acceptors (Lipinski definition) is 3. The standard InChI is InChI=1S/C16H25N3/c1-2-19(12-7-8-12)10-9-18-16-11-15(17)13-5-3-4-6-14(13)16/h3-6,12,15-16,18H,2,7-11,17H2,1H3. The van der Waals surface area contributed by atoms with E-state index in [1.165, 1.54) is 30.5 Å². The molecule has 1 saturated carbocycles. The van der Waals surface area contributed by atoms with Crippen LogP contribution in [-0.2, 0) is 0 Å². The molecule has 2 aliphatic rings. The Hall–Kier alpha value is -0.900. The lowest BCUT2D eigenvalue weighted by molar-refractivity contribution is 0.271. The van der Waals surface area contributed by atoms with Crippen LogP contribution < -0.4 is 11.1 Å². The molecule has 2 atom stereocenters. The van der Waals surface area contributed by atoms with Crippen molar-refractivity contribution in [2.24, 2.45) is 5.73 Å². The number of nitrogens with two attached hydrogens (primary N) is 1. The minimum absolute atomic E-state index is 0.208. The van der Waals surface area contributed by atoms with Crippen molar-refractivity contribution in [2.75, 3.05) is 19.6 Å². The lowest BCUT2D eigenvalue weighted by Gasteiger charge is -2.22. The number of nitrogens with one attached hydrogen (secondary N) is 1. The molecule has 0 radical (unpaired) electrons. The molecule has 0 amide bonds. The molecule has 1 aromatic rings. The van der Waals surface area contributed by atoms with Crippen molar-refractivity contribution in [2.45, 2.75) is 44.3 Å². The Bertz CT molecular complexity index is 428. The van der Waals surface area contributed by atoms with Crippen molar-refractivity contribution in [1.29, 1.82) is 0 Å². The lowest BCUT2D eigenvalue weighted by atomic mass is 10.1. The lowest BCUT2D eigenvalue weighted by Crippen LogP contribution is -2.34. The molecule has 104 valence electrons. The summed E-state index contributed by atoms with van der Waals surface area (Å²) < 4.78 is 0.